The largest absolute Gasteiger partial charge is 0.494 e. The lowest BCUT2D eigenvalue weighted by Gasteiger charge is -2.45. The van der Waals surface area contributed by atoms with Crippen molar-refractivity contribution in [2.45, 2.75) is 45.1 Å². The van der Waals surface area contributed by atoms with Crippen molar-refractivity contribution >= 4 is 0 Å². The third-order valence-corrected chi connectivity index (χ3v) is 3.74. The van der Waals surface area contributed by atoms with Crippen molar-refractivity contribution in [2.75, 3.05) is 6.61 Å². The third-order valence-electron chi connectivity index (χ3n) is 3.74. The van der Waals surface area contributed by atoms with Crippen LogP contribution in [0.4, 0.5) is 0 Å². The van der Waals surface area contributed by atoms with Crippen LogP contribution in [0.15, 0.2) is 24.3 Å². The molecule has 0 spiro atoms. The summed E-state index contributed by atoms with van der Waals surface area (Å²) in [6.45, 7) is 4.96. The second-order valence-electron chi connectivity index (χ2n) is 5.18. The average Bonchev–Trinajstić information content (AvgIpc) is 2.28. The van der Waals surface area contributed by atoms with Crippen LogP contribution in [0.5, 0.6) is 5.75 Å². The molecule has 0 radical (unpaired) electrons. The summed E-state index contributed by atoms with van der Waals surface area (Å²) in [5.41, 5.74) is 7.61. The number of ether oxygens (including phenoxy) is 1. The molecule has 2 heteroatoms. The summed E-state index contributed by atoms with van der Waals surface area (Å²) in [5.74, 6) is 1.76. The fourth-order valence-electron chi connectivity index (χ4n) is 2.87. The number of rotatable bonds is 5. The Bertz CT molecular complexity index is 352. The monoisotopic (exact) mass is 233 g/mol. The van der Waals surface area contributed by atoms with E-state index in [9.17, 15) is 0 Å². The zero-order chi connectivity index (χ0) is 12.3. The molecule has 94 valence electrons. The molecule has 0 amide bonds. The molecule has 1 fully saturated rings. The molecule has 0 aromatic heterocycles. The second-order valence-corrected chi connectivity index (χ2v) is 5.18. The minimum atomic E-state index is -0.0788. The van der Waals surface area contributed by atoms with Gasteiger partial charge in [-0.15, -0.1) is 0 Å². The van der Waals surface area contributed by atoms with Crippen LogP contribution in [0, 0.1) is 5.92 Å². The summed E-state index contributed by atoms with van der Waals surface area (Å²) in [7, 11) is 0. The number of hydrogen-bond donors (Lipinski definition) is 1. The molecule has 1 saturated carbocycles. The SMILES string of the molecule is CCCC1CC(N)(c2ccc(OCC)cc2)C1. The first-order valence-electron chi connectivity index (χ1n) is 6.70. The molecule has 17 heavy (non-hydrogen) atoms. The van der Waals surface area contributed by atoms with Crippen LogP contribution >= 0.6 is 0 Å². The molecule has 1 aromatic carbocycles. The predicted octanol–water partition coefficient (Wildman–Crippen LogP) is 3.45. The molecule has 0 saturated heterocycles. The van der Waals surface area contributed by atoms with E-state index < -0.39 is 0 Å². The van der Waals surface area contributed by atoms with Gasteiger partial charge in [-0.05, 0) is 43.4 Å². The van der Waals surface area contributed by atoms with Gasteiger partial charge in [-0.25, -0.2) is 0 Å². The highest BCUT2D eigenvalue weighted by Crippen LogP contribution is 2.45. The molecular formula is C15H23NO. The van der Waals surface area contributed by atoms with Gasteiger partial charge in [-0.2, -0.15) is 0 Å². The van der Waals surface area contributed by atoms with Gasteiger partial charge in [0.1, 0.15) is 5.75 Å². The van der Waals surface area contributed by atoms with Crippen molar-refractivity contribution < 1.29 is 4.74 Å². The third kappa shape index (κ3) is 2.63. The summed E-state index contributed by atoms with van der Waals surface area (Å²) < 4.78 is 5.44. The predicted molar refractivity (Wildman–Crippen MR) is 71.1 cm³/mol. The van der Waals surface area contributed by atoms with Gasteiger partial charge in [0, 0.05) is 5.54 Å². The van der Waals surface area contributed by atoms with E-state index in [1.165, 1.54) is 18.4 Å². The van der Waals surface area contributed by atoms with Crippen LogP contribution in [0.25, 0.3) is 0 Å². The first-order chi connectivity index (χ1) is 8.18. The van der Waals surface area contributed by atoms with Crippen molar-refractivity contribution in [1.29, 1.82) is 0 Å². The van der Waals surface area contributed by atoms with Gasteiger partial charge >= 0.3 is 0 Å². The molecule has 0 unspecified atom stereocenters. The molecule has 1 aliphatic rings. The molecule has 2 rings (SSSR count). The van der Waals surface area contributed by atoms with Crippen LogP contribution < -0.4 is 10.5 Å². The summed E-state index contributed by atoms with van der Waals surface area (Å²) in [6.07, 6.45) is 4.85. The van der Waals surface area contributed by atoms with Crippen molar-refractivity contribution in [3.8, 4) is 5.75 Å². The zero-order valence-electron chi connectivity index (χ0n) is 10.9. The van der Waals surface area contributed by atoms with Crippen LogP contribution in [-0.4, -0.2) is 6.61 Å². The van der Waals surface area contributed by atoms with Gasteiger partial charge in [0.05, 0.1) is 6.61 Å². The smallest absolute Gasteiger partial charge is 0.119 e. The van der Waals surface area contributed by atoms with Crippen LogP contribution in [-0.2, 0) is 5.54 Å². The molecule has 0 atom stereocenters. The summed E-state index contributed by atoms with van der Waals surface area (Å²) in [6, 6.07) is 8.29. The van der Waals surface area contributed by atoms with E-state index in [0.717, 1.165) is 24.5 Å². The molecule has 0 heterocycles. The second kappa shape index (κ2) is 5.09. The molecular weight excluding hydrogens is 210 g/mol. The highest BCUT2D eigenvalue weighted by Gasteiger charge is 2.41. The van der Waals surface area contributed by atoms with E-state index in [1.54, 1.807) is 0 Å². The number of nitrogens with two attached hydrogens (primary N) is 1. The quantitative estimate of drug-likeness (QED) is 0.845. The van der Waals surface area contributed by atoms with Crippen molar-refractivity contribution in [3.63, 3.8) is 0 Å². The Morgan fingerprint density at radius 1 is 1.24 bits per heavy atom. The van der Waals surface area contributed by atoms with Crippen molar-refractivity contribution in [3.05, 3.63) is 29.8 Å². The molecule has 1 aromatic rings. The maximum absolute atomic E-state index is 6.43. The average molecular weight is 233 g/mol. The van der Waals surface area contributed by atoms with E-state index in [0.29, 0.717) is 6.61 Å². The zero-order valence-corrected chi connectivity index (χ0v) is 10.9. The lowest BCUT2D eigenvalue weighted by atomic mass is 9.64. The van der Waals surface area contributed by atoms with Crippen LogP contribution in [0.3, 0.4) is 0 Å². The topological polar surface area (TPSA) is 35.2 Å². The first kappa shape index (κ1) is 12.4. The van der Waals surface area contributed by atoms with Gasteiger partial charge < -0.3 is 10.5 Å². The lowest BCUT2D eigenvalue weighted by molar-refractivity contribution is 0.137. The Labute approximate surface area is 104 Å². The van der Waals surface area contributed by atoms with Gasteiger partial charge in [0.15, 0.2) is 0 Å². The van der Waals surface area contributed by atoms with E-state index in [4.69, 9.17) is 10.5 Å². The normalized spacial score (nSPS) is 27.6. The standard InChI is InChI=1S/C15H23NO/c1-3-5-12-10-15(16,11-12)13-6-8-14(9-7-13)17-4-2/h6-9,12H,3-5,10-11,16H2,1-2H3. The Balaban J connectivity index is 1.98. The van der Waals surface area contributed by atoms with Crippen LogP contribution in [0.1, 0.15) is 45.1 Å². The molecule has 2 N–H and O–H groups in total. The fraction of sp³-hybridized carbons (Fsp3) is 0.600. The Morgan fingerprint density at radius 3 is 2.41 bits per heavy atom. The molecule has 1 aliphatic carbocycles. The maximum atomic E-state index is 6.43. The lowest BCUT2D eigenvalue weighted by Crippen LogP contribution is -2.48. The summed E-state index contributed by atoms with van der Waals surface area (Å²) in [5, 5.41) is 0. The highest BCUT2D eigenvalue weighted by molar-refractivity contribution is 5.33. The van der Waals surface area contributed by atoms with E-state index in [2.05, 4.69) is 19.1 Å². The molecule has 0 aliphatic heterocycles. The Morgan fingerprint density at radius 2 is 1.88 bits per heavy atom. The molecule has 0 bridgehead atoms. The van der Waals surface area contributed by atoms with Gasteiger partial charge in [-0.3, -0.25) is 0 Å². The van der Waals surface area contributed by atoms with E-state index >= 15 is 0 Å². The van der Waals surface area contributed by atoms with Gasteiger partial charge in [-0.1, -0.05) is 31.9 Å². The highest BCUT2D eigenvalue weighted by atomic mass is 16.5. The van der Waals surface area contributed by atoms with Crippen LogP contribution in [0.2, 0.25) is 0 Å². The van der Waals surface area contributed by atoms with Crippen molar-refractivity contribution in [1.82, 2.24) is 0 Å². The Kier molecular flexibility index (Phi) is 3.72. The number of hydrogen-bond acceptors (Lipinski definition) is 2. The minimum absolute atomic E-state index is 0.0788. The van der Waals surface area contributed by atoms with E-state index in [-0.39, 0.29) is 5.54 Å². The van der Waals surface area contributed by atoms with Crippen molar-refractivity contribution in [2.24, 2.45) is 11.7 Å². The molecule has 2 nitrogen and oxygen atoms in total. The summed E-state index contributed by atoms with van der Waals surface area (Å²) in [4.78, 5) is 0. The van der Waals surface area contributed by atoms with Gasteiger partial charge in [0.25, 0.3) is 0 Å². The minimum Gasteiger partial charge on any atom is -0.494 e. The summed E-state index contributed by atoms with van der Waals surface area (Å²) >= 11 is 0. The number of benzene rings is 1. The first-order valence-corrected chi connectivity index (χ1v) is 6.70. The van der Waals surface area contributed by atoms with E-state index in [1.807, 2.05) is 19.1 Å². The fourth-order valence-corrected chi connectivity index (χ4v) is 2.87. The maximum Gasteiger partial charge on any atom is 0.119 e. The Hall–Kier alpha value is -1.02. The van der Waals surface area contributed by atoms with Gasteiger partial charge in [0.2, 0.25) is 0 Å².